The second kappa shape index (κ2) is 4.14. The van der Waals surface area contributed by atoms with Crippen molar-refractivity contribution in [1.29, 1.82) is 0 Å². The van der Waals surface area contributed by atoms with Crippen molar-refractivity contribution >= 4 is 38.1 Å². The Kier molecular flexibility index (Phi) is 3.40. The summed E-state index contributed by atoms with van der Waals surface area (Å²) in [6, 6.07) is 3.09. The quantitative estimate of drug-likeness (QED) is 0.604. The third-order valence-corrected chi connectivity index (χ3v) is 2.47. The summed E-state index contributed by atoms with van der Waals surface area (Å²) >= 11 is 6.31. The average molecular weight is 296 g/mol. The van der Waals surface area contributed by atoms with Crippen molar-refractivity contribution in [3.05, 3.63) is 33.5 Å². The van der Waals surface area contributed by atoms with Gasteiger partial charge in [-0.3, -0.25) is 4.79 Å². The number of carbonyl (C=O) groups excluding carboxylic acids is 1. The van der Waals surface area contributed by atoms with E-state index in [1.54, 1.807) is 6.07 Å². The van der Waals surface area contributed by atoms with Crippen molar-refractivity contribution in [3.63, 3.8) is 0 Å². The summed E-state index contributed by atoms with van der Waals surface area (Å²) in [4.78, 5) is 10.4. The van der Waals surface area contributed by atoms with Gasteiger partial charge in [-0.25, -0.2) is 4.39 Å². The molecule has 0 amide bonds. The van der Waals surface area contributed by atoms with Crippen LogP contribution >= 0.6 is 31.9 Å². The van der Waals surface area contributed by atoms with E-state index in [4.69, 9.17) is 0 Å². The summed E-state index contributed by atoms with van der Waals surface area (Å²) in [6.07, 6.45) is 0.506. The summed E-state index contributed by atoms with van der Waals surface area (Å²) in [7, 11) is 0. The van der Waals surface area contributed by atoms with Crippen LogP contribution in [0, 0.1) is 5.82 Å². The molecule has 1 aromatic rings. The van der Waals surface area contributed by atoms with E-state index in [0.717, 1.165) is 0 Å². The van der Waals surface area contributed by atoms with E-state index in [-0.39, 0.29) is 5.56 Å². The third-order valence-electron chi connectivity index (χ3n) is 1.41. The second-order valence-electron chi connectivity index (χ2n) is 2.22. The Labute approximate surface area is 86.2 Å². The van der Waals surface area contributed by atoms with Crippen molar-refractivity contribution < 1.29 is 9.18 Å². The van der Waals surface area contributed by atoms with Crippen LogP contribution in [0.25, 0.3) is 0 Å². The van der Waals surface area contributed by atoms with Gasteiger partial charge in [-0.05, 0) is 12.1 Å². The lowest BCUT2D eigenvalue weighted by atomic mass is 10.1. The van der Waals surface area contributed by atoms with Crippen LogP contribution in [0.1, 0.15) is 15.9 Å². The van der Waals surface area contributed by atoms with Crippen LogP contribution in [-0.2, 0) is 5.33 Å². The van der Waals surface area contributed by atoms with Crippen molar-refractivity contribution in [1.82, 2.24) is 0 Å². The summed E-state index contributed by atoms with van der Waals surface area (Å²) in [5.74, 6) is -0.454. The predicted molar refractivity (Wildman–Crippen MR) is 52.1 cm³/mol. The molecule has 0 radical (unpaired) electrons. The molecule has 4 heteroatoms. The Bertz CT molecular complexity index is 312. The maximum Gasteiger partial charge on any atom is 0.153 e. The van der Waals surface area contributed by atoms with E-state index >= 15 is 0 Å². The van der Waals surface area contributed by atoms with Crippen molar-refractivity contribution in [2.45, 2.75) is 5.33 Å². The molecule has 0 aliphatic carbocycles. The number of aldehydes is 1. The molecular weight excluding hydrogens is 291 g/mol. The van der Waals surface area contributed by atoms with Crippen LogP contribution in [0.5, 0.6) is 0 Å². The highest BCUT2D eigenvalue weighted by atomic mass is 79.9. The van der Waals surface area contributed by atoms with Gasteiger partial charge in [-0.1, -0.05) is 31.9 Å². The number of carbonyl (C=O) groups is 1. The third kappa shape index (κ3) is 1.93. The SMILES string of the molecule is O=Cc1cc(Br)cc(CBr)c1F. The van der Waals surface area contributed by atoms with Gasteiger partial charge in [0.2, 0.25) is 0 Å². The van der Waals surface area contributed by atoms with Gasteiger partial charge in [0.05, 0.1) is 5.56 Å². The minimum absolute atomic E-state index is 0.0822. The van der Waals surface area contributed by atoms with E-state index < -0.39 is 5.82 Å². The topological polar surface area (TPSA) is 17.1 Å². The van der Waals surface area contributed by atoms with Crippen molar-refractivity contribution in [3.8, 4) is 0 Å². The van der Waals surface area contributed by atoms with Crippen LogP contribution in [0.3, 0.4) is 0 Å². The molecule has 0 N–H and O–H groups in total. The molecule has 0 fully saturated rings. The van der Waals surface area contributed by atoms with Gasteiger partial charge in [0, 0.05) is 15.4 Å². The highest BCUT2D eigenvalue weighted by molar-refractivity contribution is 9.10. The molecule has 64 valence electrons. The molecule has 0 spiro atoms. The van der Waals surface area contributed by atoms with Crippen LogP contribution in [0.4, 0.5) is 4.39 Å². The highest BCUT2D eigenvalue weighted by Crippen LogP contribution is 2.20. The molecule has 0 heterocycles. The van der Waals surface area contributed by atoms with Gasteiger partial charge in [0.25, 0.3) is 0 Å². The molecule has 0 saturated carbocycles. The number of benzene rings is 1. The first-order valence-corrected chi connectivity index (χ1v) is 5.09. The van der Waals surface area contributed by atoms with Gasteiger partial charge in [0.1, 0.15) is 5.82 Å². The molecule has 1 aromatic carbocycles. The zero-order valence-corrected chi connectivity index (χ0v) is 9.15. The summed E-state index contributed by atoms with van der Waals surface area (Å²) in [5.41, 5.74) is 0.560. The standard InChI is InChI=1S/C8H5Br2FO/c9-3-5-1-7(10)2-6(4-12)8(5)11/h1-2,4H,3H2. The van der Waals surface area contributed by atoms with E-state index in [0.29, 0.717) is 21.7 Å². The Morgan fingerprint density at radius 1 is 1.50 bits per heavy atom. The van der Waals surface area contributed by atoms with Gasteiger partial charge in [-0.2, -0.15) is 0 Å². The zero-order valence-electron chi connectivity index (χ0n) is 5.98. The first kappa shape index (κ1) is 9.86. The fraction of sp³-hybridized carbons (Fsp3) is 0.125. The number of hydrogen-bond acceptors (Lipinski definition) is 1. The van der Waals surface area contributed by atoms with E-state index in [2.05, 4.69) is 31.9 Å². The zero-order chi connectivity index (χ0) is 9.14. The summed E-state index contributed by atoms with van der Waals surface area (Å²) in [6.45, 7) is 0. The Balaban J connectivity index is 3.31. The molecule has 0 aliphatic rings. The number of alkyl halides is 1. The van der Waals surface area contributed by atoms with Crippen molar-refractivity contribution in [2.75, 3.05) is 0 Å². The molecule has 12 heavy (non-hydrogen) atoms. The number of halogens is 3. The predicted octanol–water partition coefficient (Wildman–Crippen LogP) is 3.30. The lowest BCUT2D eigenvalue weighted by molar-refractivity contribution is 0.111. The first-order valence-electron chi connectivity index (χ1n) is 3.18. The van der Waals surface area contributed by atoms with Gasteiger partial charge >= 0.3 is 0 Å². The fourth-order valence-corrected chi connectivity index (χ4v) is 1.78. The lowest BCUT2D eigenvalue weighted by Gasteiger charge is -2.01. The molecule has 1 nitrogen and oxygen atoms in total. The normalized spacial score (nSPS) is 9.92. The van der Waals surface area contributed by atoms with Crippen LogP contribution in [0.2, 0.25) is 0 Å². The van der Waals surface area contributed by atoms with Crippen LogP contribution < -0.4 is 0 Å². The molecule has 1 rings (SSSR count). The molecule has 0 unspecified atom stereocenters. The van der Waals surface area contributed by atoms with Crippen LogP contribution in [-0.4, -0.2) is 6.29 Å². The van der Waals surface area contributed by atoms with E-state index in [1.165, 1.54) is 6.07 Å². The lowest BCUT2D eigenvalue weighted by Crippen LogP contribution is -1.93. The minimum Gasteiger partial charge on any atom is -0.298 e. The average Bonchev–Trinajstić information content (AvgIpc) is 2.08. The first-order chi connectivity index (χ1) is 5.69. The summed E-state index contributed by atoms with van der Waals surface area (Å²) < 4.78 is 13.9. The Morgan fingerprint density at radius 3 is 2.67 bits per heavy atom. The monoisotopic (exact) mass is 294 g/mol. The summed E-state index contributed by atoms with van der Waals surface area (Å²) in [5, 5.41) is 0.402. The van der Waals surface area contributed by atoms with Gasteiger partial charge < -0.3 is 0 Å². The molecule has 0 bridgehead atoms. The number of rotatable bonds is 2. The molecule has 0 saturated heterocycles. The Morgan fingerprint density at radius 2 is 2.17 bits per heavy atom. The Hall–Kier alpha value is -0.220. The largest absolute Gasteiger partial charge is 0.298 e. The van der Waals surface area contributed by atoms with Crippen LogP contribution in [0.15, 0.2) is 16.6 Å². The fourth-order valence-electron chi connectivity index (χ4n) is 0.852. The molecule has 0 atom stereocenters. The smallest absolute Gasteiger partial charge is 0.153 e. The maximum absolute atomic E-state index is 13.2. The van der Waals surface area contributed by atoms with Gasteiger partial charge in [-0.15, -0.1) is 0 Å². The molecular formula is C8H5Br2FO. The molecule has 0 aromatic heterocycles. The highest BCUT2D eigenvalue weighted by Gasteiger charge is 2.07. The maximum atomic E-state index is 13.2. The van der Waals surface area contributed by atoms with E-state index in [9.17, 15) is 9.18 Å². The molecule has 0 aliphatic heterocycles. The second-order valence-corrected chi connectivity index (χ2v) is 3.70. The number of hydrogen-bond donors (Lipinski definition) is 0. The minimum atomic E-state index is -0.454. The van der Waals surface area contributed by atoms with E-state index in [1.807, 2.05) is 0 Å². The van der Waals surface area contributed by atoms with Crippen molar-refractivity contribution in [2.24, 2.45) is 0 Å². The van der Waals surface area contributed by atoms with Gasteiger partial charge in [0.15, 0.2) is 6.29 Å².